The minimum Gasteiger partial charge on any atom is -0.507 e. The normalized spacial score (nSPS) is 20.6. The predicted molar refractivity (Wildman–Crippen MR) is 107 cm³/mol. The lowest BCUT2D eigenvalue weighted by Crippen LogP contribution is -2.60. The zero-order valence-corrected chi connectivity index (χ0v) is 15.3. The molecule has 0 amide bonds. The molecule has 1 aliphatic heterocycles. The summed E-state index contributed by atoms with van der Waals surface area (Å²) in [6, 6.07) is 7.09. The predicted octanol–water partition coefficient (Wildman–Crippen LogP) is 3.35. The summed E-state index contributed by atoms with van der Waals surface area (Å²) in [6.07, 6.45) is 8.07. The molecule has 1 saturated heterocycles. The summed E-state index contributed by atoms with van der Waals surface area (Å²) < 4.78 is 0. The number of nitrogens with one attached hydrogen (secondary N) is 1. The zero-order chi connectivity index (χ0) is 18.3. The smallest absolute Gasteiger partial charge is 0.124 e. The average molecular weight is 352 g/mol. The molecule has 0 radical (unpaired) electrons. The van der Waals surface area contributed by atoms with Crippen LogP contribution in [0.1, 0.15) is 48.8 Å². The Balaban J connectivity index is 1.51. The molecule has 0 bridgehead atoms. The summed E-state index contributed by atoms with van der Waals surface area (Å²) in [5.74, 6) is 1.16. The molecule has 0 unspecified atom stereocenters. The number of anilines is 1. The van der Waals surface area contributed by atoms with Gasteiger partial charge in [0.15, 0.2) is 0 Å². The van der Waals surface area contributed by atoms with Crippen LogP contribution in [-0.2, 0) is 0 Å². The summed E-state index contributed by atoms with van der Waals surface area (Å²) in [5.41, 5.74) is 16.3. The molecule has 5 nitrogen and oxygen atoms in total. The number of rotatable bonds is 5. The van der Waals surface area contributed by atoms with Crippen molar-refractivity contribution in [2.75, 3.05) is 25.4 Å². The van der Waals surface area contributed by atoms with Crippen LogP contribution in [0.4, 0.5) is 5.82 Å². The molecular formula is C21H28N4O. The lowest BCUT2D eigenvalue weighted by Gasteiger charge is -2.56. The van der Waals surface area contributed by atoms with Gasteiger partial charge in [0.05, 0.1) is 0 Å². The van der Waals surface area contributed by atoms with Crippen LogP contribution in [0.25, 0.3) is 11.8 Å². The van der Waals surface area contributed by atoms with Crippen LogP contribution in [0.5, 0.6) is 5.75 Å². The Morgan fingerprint density at radius 1 is 1.35 bits per heavy atom. The Kier molecular flexibility index (Phi) is 4.19. The maximum atomic E-state index is 10.0. The number of nitrogen functional groups attached to an aromatic ring is 1. The number of hydrogen-bond donors (Lipinski definition) is 4. The van der Waals surface area contributed by atoms with E-state index in [1.807, 2.05) is 24.4 Å². The van der Waals surface area contributed by atoms with Gasteiger partial charge in [-0.15, -0.1) is 0 Å². The summed E-state index contributed by atoms with van der Waals surface area (Å²) in [4.78, 5) is 5.68. The highest BCUT2D eigenvalue weighted by Gasteiger charge is 2.47. The molecule has 1 aliphatic carbocycles. The second-order valence-corrected chi connectivity index (χ2v) is 8.11. The van der Waals surface area contributed by atoms with E-state index >= 15 is 0 Å². The highest BCUT2D eigenvalue weighted by Crippen LogP contribution is 2.48. The molecule has 4 rings (SSSR count). The fourth-order valence-corrected chi connectivity index (χ4v) is 4.50. The van der Waals surface area contributed by atoms with Crippen molar-refractivity contribution in [3.05, 3.63) is 47.2 Å². The van der Waals surface area contributed by atoms with Crippen molar-refractivity contribution in [2.45, 2.75) is 32.1 Å². The number of nitrogens with zero attached hydrogens (tertiary/aromatic N) is 1. The van der Waals surface area contributed by atoms with Gasteiger partial charge in [-0.05, 0) is 47.9 Å². The van der Waals surface area contributed by atoms with E-state index in [0.717, 1.165) is 12.1 Å². The van der Waals surface area contributed by atoms with Crippen LogP contribution in [0.15, 0.2) is 30.5 Å². The molecule has 2 aliphatic rings. The van der Waals surface area contributed by atoms with Crippen molar-refractivity contribution in [3.63, 3.8) is 0 Å². The Bertz CT molecular complexity index is 826. The van der Waals surface area contributed by atoms with Gasteiger partial charge in [0.1, 0.15) is 11.6 Å². The number of para-hydroxylation sites is 1. The van der Waals surface area contributed by atoms with Gasteiger partial charge >= 0.3 is 0 Å². The number of H-pyrrole nitrogens is 1. The quantitative estimate of drug-likeness (QED) is 0.664. The van der Waals surface area contributed by atoms with Gasteiger partial charge in [0, 0.05) is 42.7 Å². The van der Waals surface area contributed by atoms with E-state index in [1.54, 1.807) is 12.1 Å². The van der Waals surface area contributed by atoms with E-state index in [1.165, 1.54) is 37.9 Å². The Morgan fingerprint density at radius 3 is 2.73 bits per heavy atom. The van der Waals surface area contributed by atoms with Crippen LogP contribution in [0, 0.1) is 5.41 Å². The van der Waals surface area contributed by atoms with Crippen LogP contribution >= 0.6 is 0 Å². The van der Waals surface area contributed by atoms with E-state index in [0.29, 0.717) is 28.4 Å². The Hall–Kier alpha value is -2.40. The SMILES string of the molecule is C[C@H](CN1CC2(CCC2)C1)c1c[nH]c(N)c1/C=C(\N)c1ccccc1O. The summed E-state index contributed by atoms with van der Waals surface area (Å²) in [6.45, 7) is 5.75. The van der Waals surface area contributed by atoms with Crippen LogP contribution in [0.3, 0.4) is 0 Å². The van der Waals surface area contributed by atoms with Gasteiger partial charge in [0.25, 0.3) is 0 Å². The van der Waals surface area contributed by atoms with Gasteiger partial charge in [-0.25, -0.2) is 0 Å². The Morgan fingerprint density at radius 2 is 2.08 bits per heavy atom. The highest BCUT2D eigenvalue weighted by atomic mass is 16.3. The van der Waals surface area contributed by atoms with Gasteiger partial charge in [0.2, 0.25) is 0 Å². The zero-order valence-electron chi connectivity index (χ0n) is 15.3. The van der Waals surface area contributed by atoms with Crippen LogP contribution in [-0.4, -0.2) is 34.6 Å². The molecule has 1 atom stereocenters. The van der Waals surface area contributed by atoms with Crippen molar-refractivity contribution in [3.8, 4) is 5.75 Å². The van der Waals surface area contributed by atoms with Crippen molar-refractivity contribution >= 4 is 17.6 Å². The third kappa shape index (κ3) is 2.97. The first-order chi connectivity index (χ1) is 12.5. The second-order valence-electron chi connectivity index (χ2n) is 8.11. The fraction of sp³-hybridized carbons (Fsp3) is 0.429. The minimum atomic E-state index is 0.177. The van der Waals surface area contributed by atoms with Crippen molar-refractivity contribution in [2.24, 2.45) is 11.1 Å². The van der Waals surface area contributed by atoms with Crippen molar-refractivity contribution in [1.29, 1.82) is 0 Å². The molecule has 1 aromatic carbocycles. The Labute approximate surface area is 154 Å². The fourth-order valence-electron chi connectivity index (χ4n) is 4.50. The number of aromatic hydroxyl groups is 1. The number of benzene rings is 1. The number of aromatic nitrogens is 1. The van der Waals surface area contributed by atoms with E-state index in [9.17, 15) is 5.11 Å². The molecule has 2 heterocycles. The topological polar surface area (TPSA) is 91.3 Å². The molecular weight excluding hydrogens is 324 g/mol. The molecule has 5 heteroatoms. The lowest BCUT2D eigenvalue weighted by atomic mass is 9.63. The van der Waals surface area contributed by atoms with Gasteiger partial charge in [-0.3, -0.25) is 0 Å². The number of nitrogens with two attached hydrogens (primary N) is 2. The number of likely N-dealkylation sites (tertiary alicyclic amines) is 1. The molecule has 6 N–H and O–H groups in total. The molecule has 138 valence electrons. The summed E-state index contributed by atoms with van der Waals surface area (Å²) >= 11 is 0. The summed E-state index contributed by atoms with van der Waals surface area (Å²) in [7, 11) is 0. The molecule has 1 spiro atoms. The first-order valence-corrected chi connectivity index (χ1v) is 9.42. The second kappa shape index (κ2) is 6.40. The minimum absolute atomic E-state index is 0.177. The van der Waals surface area contributed by atoms with E-state index < -0.39 is 0 Å². The van der Waals surface area contributed by atoms with Gasteiger partial charge in [-0.2, -0.15) is 0 Å². The van der Waals surface area contributed by atoms with Crippen molar-refractivity contribution in [1.82, 2.24) is 9.88 Å². The lowest BCUT2D eigenvalue weighted by molar-refractivity contribution is -0.0615. The average Bonchev–Trinajstić information content (AvgIpc) is 2.90. The molecule has 26 heavy (non-hydrogen) atoms. The van der Waals surface area contributed by atoms with Crippen LogP contribution < -0.4 is 11.5 Å². The number of hydrogen-bond acceptors (Lipinski definition) is 4. The van der Waals surface area contributed by atoms with Crippen molar-refractivity contribution < 1.29 is 5.11 Å². The first-order valence-electron chi connectivity index (χ1n) is 9.42. The number of phenols is 1. The van der Waals surface area contributed by atoms with Gasteiger partial charge in [-0.1, -0.05) is 25.5 Å². The largest absolute Gasteiger partial charge is 0.507 e. The standard InChI is InChI=1S/C21H28N4O/c1-14(11-25-12-21(13-25)7-4-8-21)17-10-24-20(23)16(17)9-18(22)15-5-2-3-6-19(15)26/h2-3,5-6,9-10,14,24,26H,4,7-8,11-13,22-23H2,1H3/b18-9-/t14-/m1/s1. The van der Waals surface area contributed by atoms with Crippen LogP contribution in [0.2, 0.25) is 0 Å². The van der Waals surface area contributed by atoms with E-state index in [-0.39, 0.29) is 5.75 Å². The summed E-state index contributed by atoms with van der Waals surface area (Å²) in [5, 5.41) is 10.0. The maximum Gasteiger partial charge on any atom is 0.124 e. The maximum absolute atomic E-state index is 10.0. The molecule has 2 aromatic rings. The third-order valence-electron chi connectivity index (χ3n) is 6.09. The first kappa shape index (κ1) is 17.0. The molecule has 1 aromatic heterocycles. The van der Waals surface area contributed by atoms with E-state index in [2.05, 4.69) is 16.8 Å². The van der Waals surface area contributed by atoms with Gasteiger partial charge < -0.3 is 26.5 Å². The number of aromatic amines is 1. The monoisotopic (exact) mass is 352 g/mol. The molecule has 1 saturated carbocycles. The van der Waals surface area contributed by atoms with E-state index in [4.69, 9.17) is 11.5 Å². The molecule has 2 fully saturated rings. The third-order valence-corrected chi connectivity index (χ3v) is 6.09. The number of phenolic OH excluding ortho intramolecular Hbond substituents is 1. The highest BCUT2D eigenvalue weighted by molar-refractivity contribution is 5.85.